The molecule has 7 heteroatoms. The van der Waals surface area contributed by atoms with Gasteiger partial charge in [0.25, 0.3) is 0 Å². The third-order valence-corrected chi connectivity index (χ3v) is 6.72. The summed E-state index contributed by atoms with van der Waals surface area (Å²) in [6.07, 6.45) is 4.18. The van der Waals surface area contributed by atoms with Crippen LogP contribution >= 0.6 is 0 Å². The van der Waals surface area contributed by atoms with Crippen LogP contribution in [0.4, 0.5) is 0 Å². The second-order valence-electron chi connectivity index (χ2n) is 6.76. The van der Waals surface area contributed by atoms with Gasteiger partial charge in [-0.15, -0.1) is 0 Å². The normalized spacial score (nSPS) is 16.2. The second kappa shape index (κ2) is 9.82. The summed E-state index contributed by atoms with van der Waals surface area (Å²) in [5.41, 5.74) is 1.50. The molecule has 0 spiro atoms. The van der Waals surface area contributed by atoms with E-state index in [4.69, 9.17) is 4.74 Å². The van der Waals surface area contributed by atoms with Gasteiger partial charge in [0.05, 0.1) is 17.1 Å². The van der Waals surface area contributed by atoms with Crippen molar-refractivity contribution < 1.29 is 17.9 Å². The fourth-order valence-electron chi connectivity index (χ4n) is 3.18. The van der Waals surface area contributed by atoms with Crippen LogP contribution in [0.3, 0.4) is 0 Å². The summed E-state index contributed by atoms with van der Waals surface area (Å²) in [6.45, 7) is 5.05. The minimum atomic E-state index is -3.57. The minimum Gasteiger partial charge on any atom is -0.462 e. The first-order chi connectivity index (χ1) is 14.0. The van der Waals surface area contributed by atoms with Crippen LogP contribution in [0.1, 0.15) is 22.8 Å². The van der Waals surface area contributed by atoms with Crippen LogP contribution in [0.25, 0.3) is 6.08 Å². The van der Waals surface area contributed by atoms with Gasteiger partial charge < -0.3 is 4.74 Å². The molecule has 0 radical (unpaired) electrons. The standard InChI is InChI=1S/C22H26N2O4S/c1-2-28-22(25)20-10-12-21(13-11-20)29(26,27)24-17-15-23(16-18-24)14-6-9-19-7-4-3-5-8-19/h3-13H,2,14-18H2,1H3/b9-6+. The maximum Gasteiger partial charge on any atom is 0.338 e. The molecule has 0 N–H and O–H groups in total. The van der Waals surface area contributed by atoms with E-state index < -0.39 is 16.0 Å². The second-order valence-corrected chi connectivity index (χ2v) is 8.70. The van der Waals surface area contributed by atoms with E-state index in [0.29, 0.717) is 31.7 Å². The lowest BCUT2D eigenvalue weighted by atomic mass is 10.2. The van der Waals surface area contributed by atoms with Gasteiger partial charge in [0.2, 0.25) is 10.0 Å². The van der Waals surface area contributed by atoms with Crippen molar-refractivity contribution in [3.05, 3.63) is 71.8 Å². The monoisotopic (exact) mass is 414 g/mol. The van der Waals surface area contributed by atoms with Gasteiger partial charge in [0.15, 0.2) is 0 Å². The lowest BCUT2D eigenvalue weighted by Crippen LogP contribution is -2.48. The van der Waals surface area contributed by atoms with Crippen LogP contribution < -0.4 is 0 Å². The van der Waals surface area contributed by atoms with E-state index in [1.165, 1.54) is 28.6 Å². The Labute approximate surface area is 172 Å². The Morgan fingerprint density at radius 2 is 1.66 bits per heavy atom. The van der Waals surface area contributed by atoms with E-state index in [0.717, 1.165) is 12.1 Å². The van der Waals surface area contributed by atoms with Crippen molar-refractivity contribution in [3.63, 3.8) is 0 Å². The molecule has 0 aliphatic carbocycles. The fourth-order valence-corrected chi connectivity index (χ4v) is 4.60. The Morgan fingerprint density at radius 1 is 1.00 bits per heavy atom. The number of piperazine rings is 1. The van der Waals surface area contributed by atoms with Crippen LogP contribution in [0.15, 0.2) is 65.6 Å². The number of ether oxygens (including phenoxy) is 1. The smallest absolute Gasteiger partial charge is 0.338 e. The maximum absolute atomic E-state index is 12.9. The zero-order chi connectivity index (χ0) is 20.7. The molecule has 29 heavy (non-hydrogen) atoms. The Hall–Kier alpha value is -2.48. The molecule has 0 aromatic heterocycles. The van der Waals surface area contributed by atoms with Crippen LogP contribution in [0.5, 0.6) is 0 Å². The van der Waals surface area contributed by atoms with Gasteiger partial charge >= 0.3 is 5.97 Å². The lowest BCUT2D eigenvalue weighted by Gasteiger charge is -2.33. The van der Waals surface area contributed by atoms with Crippen molar-refractivity contribution in [2.24, 2.45) is 0 Å². The maximum atomic E-state index is 12.9. The Bertz CT molecular complexity index is 933. The number of nitrogens with zero attached hydrogens (tertiary/aromatic N) is 2. The number of sulfonamides is 1. The molecule has 6 nitrogen and oxygen atoms in total. The number of rotatable bonds is 7. The highest BCUT2D eigenvalue weighted by molar-refractivity contribution is 7.89. The molecule has 0 unspecified atom stereocenters. The number of esters is 1. The third-order valence-electron chi connectivity index (χ3n) is 4.81. The van der Waals surface area contributed by atoms with Crippen molar-refractivity contribution in [1.29, 1.82) is 0 Å². The zero-order valence-electron chi connectivity index (χ0n) is 16.5. The fraction of sp³-hybridized carbons (Fsp3) is 0.318. The SMILES string of the molecule is CCOC(=O)c1ccc(S(=O)(=O)N2CCN(C/C=C/c3ccccc3)CC2)cc1. The highest BCUT2D eigenvalue weighted by Crippen LogP contribution is 2.19. The highest BCUT2D eigenvalue weighted by atomic mass is 32.2. The van der Waals surface area contributed by atoms with Gasteiger partial charge in [-0.3, -0.25) is 4.90 Å². The van der Waals surface area contributed by atoms with Crippen molar-refractivity contribution in [3.8, 4) is 0 Å². The van der Waals surface area contributed by atoms with E-state index in [2.05, 4.69) is 17.1 Å². The molecule has 1 heterocycles. The molecule has 3 rings (SSSR count). The molecular formula is C22H26N2O4S. The summed E-state index contributed by atoms with van der Waals surface area (Å²) in [7, 11) is -3.57. The van der Waals surface area contributed by atoms with Crippen LogP contribution in [-0.2, 0) is 14.8 Å². The average molecular weight is 415 g/mol. The molecule has 1 saturated heterocycles. The summed E-state index contributed by atoms with van der Waals surface area (Å²) in [5, 5.41) is 0. The first-order valence-electron chi connectivity index (χ1n) is 9.72. The predicted molar refractivity (Wildman–Crippen MR) is 113 cm³/mol. The number of hydrogen-bond acceptors (Lipinski definition) is 5. The summed E-state index contributed by atoms with van der Waals surface area (Å²) < 4.78 is 32.2. The number of benzene rings is 2. The number of carbonyl (C=O) groups is 1. The first-order valence-corrected chi connectivity index (χ1v) is 11.2. The van der Waals surface area contributed by atoms with E-state index >= 15 is 0 Å². The van der Waals surface area contributed by atoms with Crippen LogP contribution in [0.2, 0.25) is 0 Å². The predicted octanol–water partition coefficient (Wildman–Crippen LogP) is 2.88. The Morgan fingerprint density at radius 3 is 2.28 bits per heavy atom. The summed E-state index contributed by atoms with van der Waals surface area (Å²) >= 11 is 0. The average Bonchev–Trinajstić information content (AvgIpc) is 2.75. The van der Waals surface area contributed by atoms with E-state index in [-0.39, 0.29) is 11.5 Å². The molecule has 0 atom stereocenters. The van der Waals surface area contributed by atoms with Crippen molar-refractivity contribution in [1.82, 2.24) is 9.21 Å². The minimum absolute atomic E-state index is 0.197. The summed E-state index contributed by atoms with van der Waals surface area (Å²) in [6, 6.07) is 16.0. The number of carbonyl (C=O) groups excluding carboxylic acids is 1. The topological polar surface area (TPSA) is 66.9 Å². The summed E-state index contributed by atoms with van der Waals surface area (Å²) in [4.78, 5) is 14.2. The van der Waals surface area contributed by atoms with Crippen LogP contribution in [-0.4, -0.2) is 62.9 Å². The van der Waals surface area contributed by atoms with Gasteiger partial charge in [0, 0.05) is 32.7 Å². The van der Waals surface area contributed by atoms with Gasteiger partial charge in [-0.25, -0.2) is 13.2 Å². The molecule has 0 saturated carbocycles. The molecule has 1 aliphatic rings. The number of hydrogen-bond donors (Lipinski definition) is 0. The van der Waals surface area contributed by atoms with E-state index in [1.807, 2.05) is 30.3 Å². The molecule has 1 fully saturated rings. The molecule has 0 bridgehead atoms. The molecule has 0 amide bonds. The summed E-state index contributed by atoms with van der Waals surface area (Å²) in [5.74, 6) is -0.450. The van der Waals surface area contributed by atoms with Crippen LogP contribution in [0, 0.1) is 0 Å². The Balaban J connectivity index is 1.55. The van der Waals surface area contributed by atoms with Gasteiger partial charge in [-0.1, -0.05) is 42.5 Å². The van der Waals surface area contributed by atoms with Gasteiger partial charge in [-0.05, 0) is 36.8 Å². The van der Waals surface area contributed by atoms with E-state index in [1.54, 1.807) is 6.92 Å². The zero-order valence-corrected chi connectivity index (χ0v) is 17.3. The van der Waals surface area contributed by atoms with Gasteiger partial charge in [-0.2, -0.15) is 4.31 Å². The quantitative estimate of drug-likeness (QED) is 0.652. The van der Waals surface area contributed by atoms with Crippen molar-refractivity contribution in [2.75, 3.05) is 39.3 Å². The van der Waals surface area contributed by atoms with Crippen molar-refractivity contribution >= 4 is 22.1 Å². The first kappa shape index (κ1) is 21.2. The van der Waals surface area contributed by atoms with E-state index in [9.17, 15) is 13.2 Å². The Kier molecular flexibility index (Phi) is 7.19. The molecule has 154 valence electrons. The molecule has 2 aromatic carbocycles. The highest BCUT2D eigenvalue weighted by Gasteiger charge is 2.28. The molecule has 1 aliphatic heterocycles. The molecule has 2 aromatic rings. The molecular weight excluding hydrogens is 388 g/mol. The van der Waals surface area contributed by atoms with Gasteiger partial charge in [0.1, 0.15) is 0 Å². The lowest BCUT2D eigenvalue weighted by molar-refractivity contribution is 0.0526. The largest absolute Gasteiger partial charge is 0.462 e. The third kappa shape index (κ3) is 5.53. The van der Waals surface area contributed by atoms with Crippen molar-refractivity contribution in [2.45, 2.75) is 11.8 Å².